The van der Waals surface area contributed by atoms with Gasteiger partial charge in [0, 0.05) is 19.2 Å². The lowest BCUT2D eigenvalue weighted by atomic mass is 9.75. The van der Waals surface area contributed by atoms with Gasteiger partial charge in [0.05, 0.1) is 13.7 Å². The molecule has 0 aliphatic heterocycles. The molecule has 0 spiro atoms. The molecule has 1 aromatic carbocycles. The molecular weight excluding hydrogens is 250 g/mol. The number of nitrogens with one attached hydrogen (secondary N) is 1. The van der Waals surface area contributed by atoms with Gasteiger partial charge in [-0.3, -0.25) is 0 Å². The number of ether oxygens (including phenoxy) is 2. The topological polar surface area (TPSA) is 30.5 Å². The molecular formula is C17H27NO2. The third-order valence-electron chi connectivity index (χ3n) is 4.04. The van der Waals surface area contributed by atoms with E-state index in [1.54, 1.807) is 7.11 Å². The minimum Gasteiger partial charge on any atom is -0.496 e. The maximum Gasteiger partial charge on any atom is 0.122 e. The Bertz CT molecular complexity index is 388. The van der Waals surface area contributed by atoms with Crippen molar-refractivity contribution in [2.24, 2.45) is 0 Å². The first kappa shape index (κ1) is 15.3. The largest absolute Gasteiger partial charge is 0.496 e. The number of hydrogen-bond donors (Lipinski definition) is 1. The average Bonchev–Trinajstić information content (AvgIpc) is 2.44. The Kier molecular flexibility index (Phi) is 6.34. The number of benzene rings is 1. The molecule has 1 aromatic rings. The van der Waals surface area contributed by atoms with Crippen molar-refractivity contribution in [1.82, 2.24) is 5.32 Å². The van der Waals surface area contributed by atoms with Crippen molar-refractivity contribution >= 4 is 0 Å². The Labute approximate surface area is 122 Å². The van der Waals surface area contributed by atoms with Crippen molar-refractivity contribution < 1.29 is 9.47 Å². The summed E-state index contributed by atoms with van der Waals surface area (Å²) in [4.78, 5) is 0. The molecule has 1 saturated carbocycles. The molecule has 0 heterocycles. The molecule has 0 saturated heterocycles. The zero-order valence-corrected chi connectivity index (χ0v) is 12.7. The summed E-state index contributed by atoms with van der Waals surface area (Å²) in [5, 5.41) is 3.57. The Morgan fingerprint density at radius 2 is 2.00 bits per heavy atom. The van der Waals surface area contributed by atoms with Crippen molar-refractivity contribution in [1.29, 1.82) is 0 Å². The lowest BCUT2D eigenvalue weighted by Gasteiger charge is -2.37. The highest BCUT2D eigenvalue weighted by atomic mass is 16.5. The van der Waals surface area contributed by atoms with Gasteiger partial charge in [0.1, 0.15) is 5.75 Å². The van der Waals surface area contributed by atoms with Gasteiger partial charge in [-0.05, 0) is 36.8 Å². The maximum absolute atomic E-state index is 5.56. The van der Waals surface area contributed by atoms with Gasteiger partial charge < -0.3 is 14.8 Å². The molecule has 0 amide bonds. The normalized spacial score (nSPS) is 21.5. The minimum atomic E-state index is 0.639. The highest BCUT2D eigenvalue weighted by Gasteiger charge is 2.31. The average molecular weight is 277 g/mol. The van der Waals surface area contributed by atoms with Crippen molar-refractivity contribution in [3.8, 4) is 5.75 Å². The summed E-state index contributed by atoms with van der Waals surface area (Å²) in [5.74, 6) is 1.67. The number of rotatable bonds is 9. The highest BCUT2D eigenvalue weighted by Crippen LogP contribution is 2.40. The summed E-state index contributed by atoms with van der Waals surface area (Å²) in [6.07, 6.45) is 4.78. The van der Waals surface area contributed by atoms with Gasteiger partial charge in [0.25, 0.3) is 0 Å². The third kappa shape index (κ3) is 4.22. The first-order valence-corrected chi connectivity index (χ1v) is 7.79. The summed E-state index contributed by atoms with van der Waals surface area (Å²) >= 11 is 0. The molecule has 1 N–H and O–H groups in total. The molecule has 0 radical (unpaired) electrons. The van der Waals surface area contributed by atoms with Gasteiger partial charge in [-0.25, -0.2) is 0 Å². The predicted molar refractivity (Wildman–Crippen MR) is 82.5 cm³/mol. The molecule has 1 fully saturated rings. The fraction of sp³-hybridized carbons (Fsp3) is 0.647. The van der Waals surface area contributed by atoms with Crippen LogP contribution in [-0.4, -0.2) is 32.9 Å². The number of hydrogen-bond acceptors (Lipinski definition) is 3. The molecule has 1 aliphatic carbocycles. The summed E-state index contributed by atoms with van der Waals surface area (Å²) in [5.41, 5.74) is 1.35. The Morgan fingerprint density at radius 3 is 2.75 bits per heavy atom. The van der Waals surface area contributed by atoms with E-state index in [2.05, 4.69) is 30.4 Å². The summed E-state index contributed by atoms with van der Waals surface area (Å²) in [6, 6.07) is 9.01. The molecule has 3 nitrogen and oxygen atoms in total. The number of methoxy groups -OCH3 is 1. The standard InChI is InChI=1S/C17H27NO2/c1-3-4-10-20-11-9-18-15-12-14(13-15)16-7-5-6-8-17(16)19-2/h5-8,14-15,18H,3-4,9-13H2,1-2H3. The van der Waals surface area contributed by atoms with Crippen LogP contribution in [-0.2, 0) is 4.74 Å². The Morgan fingerprint density at radius 1 is 1.20 bits per heavy atom. The van der Waals surface area contributed by atoms with Crippen LogP contribution in [0.2, 0.25) is 0 Å². The second kappa shape index (κ2) is 8.28. The van der Waals surface area contributed by atoms with Crippen LogP contribution in [0.25, 0.3) is 0 Å². The Hall–Kier alpha value is -1.06. The molecule has 2 rings (SSSR count). The van der Waals surface area contributed by atoms with Crippen LogP contribution in [0, 0.1) is 0 Å². The van der Waals surface area contributed by atoms with Crippen molar-refractivity contribution in [2.45, 2.75) is 44.6 Å². The minimum absolute atomic E-state index is 0.639. The zero-order valence-electron chi connectivity index (χ0n) is 12.7. The number of unbranched alkanes of at least 4 members (excludes halogenated alkanes) is 1. The van der Waals surface area contributed by atoms with E-state index in [0.717, 1.165) is 25.5 Å². The van der Waals surface area contributed by atoms with Crippen LogP contribution in [0.4, 0.5) is 0 Å². The summed E-state index contributed by atoms with van der Waals surface area (Å²) in [6.45, 7) is 4.88. The molecule has 0 atom stereocenters. The summed E-state index contributed by atoms with van der Waals surface area (Å²) < 4.78 is 11.0. The first-order valence-electron chi connectivity index (χ1n) is 7.79. The number of para-hydroxylation sites is 1. The molecule has 112 valence electrons. The van der Waals surface area contributed by atoms with Crippen LogP contribution >= 0.6 is 0 Å². The van der Waals surface area contributed by atoms with Crippen LogP contribution < -0.4 is 10.1 Å². The van der Waals surface area contributed by atoms with E-state index in [1.165, 1.54) is 31.2 Å². The van der Waals surface area contributed by atoms with Crippen LogP contribution in [0.3, 0.4) is 0 Å². The van der Waals surface area contributed by atoms with Crippen LogP contribution in [0.1, 0.15) is 44.1 Å². The van der Waals surface area contributed by atoms with Gasteiger partial charge >= 0.3 is 0 Å². The van der Waals surface area contributed by atoms with E-state index < -0.39 is 0 Å². The van der Waals surface area contributed by atoms with E-state index in [0.29, 0.717) is 12.0 Å². The van der Waals surface area contributed by atoms with Crippen LogP contribution in [0.5, 0.6) is 5.75 Å². The second-order valence-corrected chi connectivity index (χ2v) is 5.53. The molecule has 0 aromatic heterocycles. The SMILES string of the molecule is CCCCOCCNC1CC(c2ccccc2OC)C1. The maximum atomic E-state index is 5.56. The molecule has 0 unspecified atom stereocenters. The van der Waals surface area contributed by atoms with E-state index >= 15 is 0 Å². The van der Waals surface area contributed by atoms with Crippen molar-refractivity contribution in [3.63, 3.8) is 0 Å². The van der Waals surface area contributed by atoms with E-state index in [4.69, 9.17) is 9.47 Å². The van der Waals surface area contributed by atoms with E-state index in [-0.39, 0.29) is 0 Å². The fourth-order valence-electron chi connectivity index (χ4n) is 2.73. The van der Waals surface area contributed by atoms with Gasteiger partial charge in [-0.2, -0.15) is 0 Å². The summed E-state index contributed by atoms with van der Waals surface area (Å²) in [7, 11) is 1.75. The van der Waals surface area contributed by atoms with Gasteiger partial charge in [-0.15, -0.1) is 0 Å². The lowest BCUT2D eigenvalue weighted by molar-refractivity contribution is 0.126. The molecule has 20 heavy (non-hydrogen) atoms. The van der Waals surface area contributed by atoms with E-state index in [1.807, 2.05) is 6.07 Å². The quantitative estimate of drug-likeness (QED) is 0.702. The third-order valence-corrected chi connectivity index (χ3v) is 4.04. The molecule has 1 aliphatic rings. The van der Waals surface area contributed by atoms with Crippen molar-refractivity contribution in [2.75, 3.05) is 26.9 Å². The fourth-order valence-corrected chi connectivity index (χ4v) is 2.73. The van der Waals surface area contributed by atoms with Crippen molar-refractivity contribution in [3.05, 3.63) is 29.8 Å². The first-order chi connectivity index (χ1) is 9.85. The monoisotopic (exact) mass is 277 g/mol. The second-order valence-electron chi connectivity index (χ2n) is 5.53. The zero-order chi connectivity index (χ0) is 14.2. The van der Waals surface area contributed by atoms with Crippen LogP contribution in [0.15, 0.2) is 24.3 Å². The lowest BCUT2D eigenvalue weighted by Crippen LogP contribution is -2.41. The Balaban J connectivity index is 1.62. The van der Waals surface area contributed by atoms with Gasteiger partial charge in [-0.1, -0.05) is 31.5 Å². The highest BCUT2D eigenvalue weighted by molar-refractivity contribution is 5.37. The molecule has 0 bridgehead atoms. The van der Waals surface area contributed by atoms with Gasteiger partial charge in [0.15, 0.2) is 0 Å². The molecule has 3 heteroatoms. The predicted octanol–water partition coefficient (Wildman–Crippen LogP) is 3.35. The van der Waals surface area contributed by atoms with Gasteiger partial charge in [0.2, 0.25) is 0 Å². The van der Waals surface area contributed by atoms with E-state index in [9.17, 15) is 0 Å². The smallest absolute Gasteiger partial charge is 0.122 e.